The van der Waals surface area contributed by atoms with Crippen molar-refractivity contribution in [2.75, 3.05) is 31.2 Å². The van der Waals surface area contributed by atoms with E-state index in [0.717, 1.165) is 54.5 Å². The molecule has 0 aliphatic carbocycles. The van der Waals surface area contributed by atoms with E-state index in [1.165, 1.54) is 0 Å². The minimum atomic E-state index is -0.932. The van der Waals surface area contributed by atoms with Gasteiger partial charge in [-0.2, -0.15) is 0 Å². The molecule has 1 aromatic rings. The number of carbonyl (C=O) groups is 1. The monoisotopic (exact) mass is 268 g/mol. The van der Waals surface area contributed by atoms with Crippen LogP contribution in [-0.4, -0.2) is 42.4 Å². The molecule has 0 aromatic carbocycles. The van der Waals surface area contributed by atoms with E-state index in [9.17, 15) is 4.79 Å². The molecule has 1 saturated heterocycles. The number of morpholine rings is 1. The van der Waals surface area contributed by atoms with Crippen LogP contribution in [0.3, 0.4) is 0 Å². The van der Waals surface area contributed by atoms with Gasteiger partial charge in [0.1, 0.15) is 0 Å². The van der Waals surface area contributed by atoms with E-state index in [-0.39, 0.29) is 0 Å². The Kier molecular flexibility index (Phi) is 4.33. The van der Waals surface area contributed by atoms with E-state index >= 15 is 0 Å². The second-order valence-corrected chi connectivity index (χ2v) is 4.94. The molecule has 1 aliphatic heterocycles. The van der Waals surface area contributed by atoms with E-state index in [1.54, 1.807) is 17.4 Å². The molecule has 1 aliphatic rings. The van der Waals surface area contributed by atoms with Crippen LogP contribution in [0.1, 0.15) is 17.5 Å². The highest BCUT2D eigenvalue weighted by molar-refractivity contribution is 7.16. The number of hydrogen-bond acceptors (Lipinski definition) is 5. The van der Waals surface area contributed by atoms with Gasteiger partial charge in [0.25, 0.3) is 0 Å². The fraction of sp³-hybridized carbons (Fsp3) is 0.500. The third-order valence-electron chi connectivity index (χ3n) is 2.71. The molecule has 0 saturated carbocycles. The molecule has 2 heterocycles. The molecule has 2 rings (SSSR count). The van der Waals surface area contributed by atoms with Gasteiger partial charge in [-0.15, -0.1) is 0 Å². The first-order valence-electron chi connectivity index (χ1n) is 5.94. The summed E-state index contributed by atoms with van der Waals surface area (Å²) in [4.78, 5) is 18.2. The quantitative estimate of drug-likeness (QED) is 0.841. The highest BCUT2D eigenvalue weighted by Gasteiger charge is 2.16. The first-order chi connectivity index (χ1) is 8.70. The minimum Gasteiger partial charge on any atom is -0.478 e. The Hall–Kier alpha value is -1.40. The SMILES string of the molecule is CCc1nc(N2CCOCC2)sc1/C=C/C(=O)O. The van der Waals surface area contributed by atoms with Crippen molar-refractivity contribution in [2.45, 2.75) is 13.3 Å². The summed E-state index contributed by atoms with van der Waals surface area (Å²) < 4.78 is 5.31. The molecule has 6 heteroatoms. The van der Waals surface area contributed by atoms with Gasteiger partial charge in [0.05, 0.1) is 23.8 Å². The van der Waals surface area contributed by atoms with E-state index in [0.29, 0.717) is 0 Å². The number of carboxylic acid groups (broad SMARTS) is 1. The number of aryl methyl sites for hydroxylation is 1. The predicted octanol–water partition coefficient (Wildman–Crippen LogP) is 1.64. The van der Waals surface area contributed by atoms with Crippen LogP contribution in [0.2, 0.25) is 0 Å². The van der Waals surface area contributed by atoms with E-state index in [2.05, 4.69) is 9.88 Å². The zero-order chi connectivity index (χ0) is 13.0. The topological polar surface area (TPSA) is 62.7 Å². The third-order valence-corrected chi connectivity index (χ3v) is 3.83. The first kappa shape index (κ1) is 13.0. The number of aromatic nitrogens is 1. The van der Waals surface area contributed by atoms with Crippen LogP contribution in [0.5, 0.6) is 0 Å². The number of carboxylic acids is 1. The van der Waals surface area contributed by atoms with Crippen molar-refractivity contribution >= 4 is 28.5 Å². The minimum absolute atomic E-state index is 0.724. The summed E-state index contributed by atoms with van der Waals surface area (Å²) in [6.45, 7) is 5.16. The highest BCUT2D eigenvalue weighted by Crippen LogP contribution is 2.28. The van der Waals surface area contributed by atoms with Crippen LogP contribution in [-0.2, 0) is 16.0 Å². The maximum absolute atomic E-state index is 10.6. The summed E-state index contributed by atoms with van der Waals surface area (Å²) in [5.41, 5.74) is 0.957. The lowest BCUT2D eigenvalue weighted by Crippen LogP contribution is -2.36. The van der Waals surface area contributed by atoms with Crippen LogP contribution in [0.15, 0.2) is 6.08 Å². The Morgan fingerprint density at radius 3 is 2.89 bits per heavy atom. The van der Waals surface area contributed by atoms with Gasteiger partial charge in [-0.1, -0.05) is 18.3 Å². The smallest absolute Gasteiger partial charge is 0.328 e. The Labute approximate surface area is 110 Å². The highest BCUT2D eigenvalue weighted by atomic mass is 32.1. The average Bonchev–Trinajstić information content (AvgIpc) is 2.80. The molecule has 0 amide bonds. The summed E-state index contributed by atoms with van der Waals surface area (Å²) in [5, 5.41) is 9.62. The number of ether oxygens (including phenoxy) is 1. The van der Waals surface area contributed by atoms with Crippen LogP contribution in [0, 0.1) is 0 Å². The van der Waals surface area contributed by atoms with Gasteiger partial charge in [-0.25, -0.2) is 9.78 Å². The zero-order valence-electron chi connectivity index (χ0n) is 10.3. The molecule has 18 heavy (non-hydrogen) atoms. The summed E-state index contributed by atoms with van der Waals surface area (Å²) in [6.07, 6.45) is 3.60. The van der Waals surface area contributed by atoms with E-state index < -0.39 is 5.97 Å². The van der Waals surface area contributed by atoms with Gasteiger partial charge < -0.3 is 14.7 Å². The lowest BCUT2D eigenvalue weighted by Gasteiger charge is -2.26. The number of aliphatic carboxylic acids is 1. The van der Waals surface area contributed by atoms with Crippen molar-refractivity contribution in [1.29, 1.82) is 0 Å². The van der Waals surface area contributed by atoms with Gasteiger partial charge in [-0.05, 0) is 12.5 Å². The lowest BCUT2D eigenvalue weighted by molar-refractivity contribution is -0.131. The second kappa shape index (κ2) is 5.97. The number of thiazole rings is 1. The molecule has 0 atom stereocenters. The van der Waals surface area contributed by atoms with Crippen LogP contribution in [0.4, 0.5) is 5.13 Å². The molecule has 0 radical (unpaired) electrons. The lowest BCUT2D eigenvalue weighted by atomic mass is 10.3. The molecule has 0 unspecified atom stereocenters. The van der Waals surface area contributed by atoms with E-state index in [1.807, 2.05) is 6.92 Å². The summed E-state index contributed by atoms with van der Waals surface area (Å²) in [6, 6.07) is 0. The molecule has 1 fully saturated rings. The van der Waals surface area contributed by atoms with Gasteiger partial charge in [0.2, 0.25) is 0 Å². The maximum atomic E-state index is 10.6. The molecular formula is C12H16N2O3S. The Morgan fingerprint density at radius 1 is 1.56 bits per heavy atom. The van der Waals surface area contributed by atoms with Crippen LogP contribution < -0.4 is 4.90 Å². The van der Waals surface area contributed by atoms with Crippen LogP contribution in [0.25, 0.3) is 6.08 Å². The normalized spacial score (nSPS) is 16.4. The Balaban J connectivity index is 2.19. The molecule has 1 aromatic heterocycles. The fourth-order valence-corrected chi connectivity index (χ4v) is 2.88. The Bertz CT molecular complexity index is 450. The molecular weight excluding hydrogens is 252 g/mol. The maximum Gasteiger partial charge on any atom is 0.328 e. The van der Waals surface area contributed by atoms with Crippen molar-refractivity contribution in [3.8, 4) is 0 Å². The second-order valence-electron chi connectivity index (χ2n) is 3.93. The Morgan fingerprint density at radius 2 is 2.28 bits per heavy atom. The largest absolute Gasteiger partial charge is 0.478 e. The van der Waals surface area contributed by atoms with Gasteiger partial charge in [0, 0.05) is 19.2 Å². The van der Waals surface area contributed by atoms with Crippen molar-refractivity contribution in [1.82, 2.24) is 4.98 Å². The number of anilines is 1. The molecule has 0 bridgehead atoms. The van der Waals surface area contributed by atoms with Gasteiger partial charge in [-0.3, -0.25) is 0 Å². The predicted molar refractivity (Wildman–Crippen MR) is 71.2 cm³/mol. The molecule has 98 valence electrons. The first-order valence-corrected chi connectivity index (χ1v) is 6.75. The van der Waals surface area contributed by atoms with Crippen molar-refractivity contribution in [3.05, 3.63) is 16.6 Å². The number of nitrogens with zero attached hydrogens (tertiary/aromatic N) is 2. The molecule has 0 spiro atoms. The van der Waals surface area contributed by atoms with Crippen molar-refractivity contribution < 1.29 is 14.6 Å². The summed E-state index contributed by atoms with van der Waals surface area (Å²) in [5.74, 6) is -0.932. The fourth-order valence-electron chi connectivity index (χ4n) is 1.77. The summed E-state index contributed by atoms with van der Waals surface area (Å²) >= 11 is 1.54. The average molecular weight is 268 g/mol. The molecule has 5 nitrogen and oxygen atoms in total. The van der Waals surface area contributed by atoms with Gasteiger partial charge >= 0.3 is 5.97 Å². The van der Waals surface area contributed by atoms with Crippen molar-refractivity contribution in [3.63, 3.8) is 0 Å². The van der Waals surface area contributed by atoms with Crippen molar-refractivity contribution in [2.24, 2.45) is 0 Å². The summed E-state index contributed by atoms with van der Waals surface area (Å²) in [7, 11) is 0. The standard InChI is InChI=1S/C12H16N2O3S/c1-2-9-10(3-4-11(15)16)18-12(13-9)14-5-7-17-8-6-14/h3-4H,2,5-8H2,1H3,(H,15,16)/b4-3+. The number of rotatable bonds is 4. The zero-order valence-corrected chi connectivity index (χ0v) is 11.1. The molecule has 1 N–H and O–H groups in total. The van der Waals surface area contributed by atoms with Crippen LogP contribution >= 0.6 is 11.3 Å². The van der Waals surface area contributed by atoms with E-state index in [4.69, 9.17) is 9.84 Å². The number of hydrogen-bond donors (Lipinski definition) is 1. The van der Waals surface area contributed by atoms with Gasteiger partial charge in [0.15, 0.2) is 5.13 Å². The third kappa shape index (κ3) is 3.08.